The smallest absolute Gasteiger partial charge is 0.112 e. The molecule has 0 bridgehead atoms. The van der Waals surface area contributed by atoms with E-state index in [1.54, 1.807) is 11.3 Å². The molecule has 1 aliphatic carbocycles. The fraction of sp³-hybridized carbons (Fsp3) is 0.769. The van der Waals surface area contributed by atoms with Gasteiger partial charge in [-0.3, -0.25) is 0 Å². The van der Waals surface area contributed by atoms with Crippen LogP contribution in [0, 0.1) is 0 Å². The first-order valence-electron chi connectivity index (χ1n) is 6.46. The zero-order valence-electron chi connectivity index (χ0n) is 10.8. The summed E-state index contributed by atoms with van der Waals surface area (Å²) in [5.41, 5.74) is 6.36. The Bertz CT molecular complexity index is 340. The number of nitrogens with two attached hydrogens (primary N) is 1. The van der Waals surface area contributed by atoms with Crippen molar-refractivity contribution in [1.82, 2.24) is 10.3 Å². The average Bonchev–Trinajstić information content (AvgIpc) is 2.82. The molecule has 2 rings (SSSR count). The van der Waals surface area contributed by atoms with Gasteiger partial charge >= 0.3 is 0 Å². The molecule has 0 unspecified atom stereocenters. The number of nitrogens with zero attached hydrogens (tertiary/aromatic N) is 1. The summed E-state index contributed by atoms with van der Waals surface area (Å²) in [5.74, 6) is 0. The van der Waals surface area contributed by atoms with Crippen LogP contribution in [0.3, 0.4) is 0 Å². The van der Waals surface area contributed by atoms with Crippen LogP contribution in [0.1, 0.15) is 51.0 Å². The minimum Gasteiger partial charge on any atom is -0.324 e. The van der Waals surface area contributed by atoms with Crippen LogP contribution in [0.4, 0.5) is 0 Å². The molecule has 17 heavy (non-hydrogen) atoms. The first-order valence-corrected chi connectivity index (χ1v) is 7.34. The van der Waals surface area contributed by atoms with E-state index >= 15 is 0 Å². The molecule has 0 radical (unpaired) electrons. The highest BCUT2D eigenvalue weighted by molar-refractivity contribution is 7.09. The summed E-state index contributed by atoms with van der Waals surface area (Å²) in [4.78, 5) is 4.39. The molecule has 3 N–H and O–H groups in total. The van der Waals surface area contributed by atoms with Gasteiger partial charge in [-0.15, -0.1) is 11.3 Å². The highest BCUT2D eigenvalue weighted by Crippen LogP contribution is 2.27. The van der Waals surface area contributed by atoms with Gasteiger partial charge in [-0.2, -0.15) is 0 Å². The van der Waals surface area contributed by atoms with Gasteiger partial charge < -0.3 is 11.1 Å². The van der Waals surface area contributed by atoms with Gasteiger partial charge in [0.15, 0.2) is 0 Å². The number of aromatic nitrogens is 1. The molecular formula is C13H23N3S. The number of nitrogens with one attached hydrogen (secondary N) is 1. The Hall–Kier alpha value is -0.450. The summed E-state index contributed by atoms with van der Waals surface area (Å²) in [6.45, 7) is 5.25. The molecule has 1 saturated carbocycles. The summed E-state index contributed by atoms with van der Waals surface area (Å²) >= 11 is 1.70. The molecule has 3 nitrogen and oxygen atoms in total. The van der Waals surface area contributed by atoms with Crippen LogP contribution in [0.25, 0.3) is 0 Å². The summed E-state index contributed by atoms with van der Waals surface area (Å²) in [6.07, 6.45) is 8.05. The van der Waals surface area contributed by atoms with Crippen molar-refractivity contribution < 1.29 is 0 Å². The molecule has 1 heterocycles. The van der Waals surface area contributed by atoms with Crippen molar-refractivity contribution in [3.05, 3.63) is 16.6 Å². The normalized spacial score (nSPS) is 20.4. The highest BCUT2D eigenvalue weighted by Gasteiger charge is 2.31. The van der Waals surface area contributed by atoms with E-state index in [1.165, 1.54) is 19.3 Å². The maximum atomic E-state index is 6.44. The second kappa shape index (κ2) is 5.04. The topological polar surface area (TPSA) is 50.9 Å². The second-order valence-electron chi connectivity index (χ2n) is 5.74. The second-order valence-corrected chi connectivity index (χ2v) is 6.63. The van der Waals surface area contributed by atoms with Crippen molar-refractivity contribution >= 4 is 11.3 Å². The van der Waals surface area contributed by atoms with Crippen LogP contribution < -0.4 is 11.1 Å². The Morgan fingerprint density at radius 3 is 2.71 bits per heavy atom. The van der Waals surface area contributed by atoms with Crippen molar-refractivity contribution in [2.45, 2.75) is 57.0 Å². The van der Waals surface area contributed by atoms with Crippen molar-refractivity contribution in [1.29, 1.82) is 0 Å². The quantitative estimate of drug-likeness (QED) is 0.867. The van der Waals surface area contributed by atoms with Crippen LogP contribution in [0.2, 0.25) is 0 Å². The molecule has 1 fully saturated rings. The molecule has 1 aromatic heterocycles. The summed E-state index contributed by atoms with van der Waals surface area (Å²) < 4.78 is 0. The third-order valence-corrected chi connectivity index (χ3v) is 4.80. The Labute approximate surface area is 108 Å². The monoisotopic (exact) mass is 253 g/mol. The molecule has 0 aliphatic heterocycles. The predicted molar refractivity (Wildman–Crippen MR) is 73.1 cm³/mol. The lowest BCUT2D eigenvalue weighted by atomic mass is 9.82. The van der Waals surface area contributed by atoms with Crippen molar-refractivity contribution in [2.24, 2.45) is 5.73 Å². The van der Waals surface area contributed by atoms with E-state index in [4.69, 9.17) is 5.73 Å². The van der Waals surface area contributed by atoms with E-state index in [9.17, 15) is 0 Å². The minimum atomic E-state index is -0.0714. The highest BCUT2D eigenvalue weighted by atomic mass is 32.1. The van der Waals surface area contributed by atoms with Crippen LogP contribution in [-0.4, -0.2) is 17.1 Å². The van der Waals surface area contributed by atoms with Crippen LogP contribution >= 0.6 is 11.3 Å². The van der Waals surface area contributed by atoms with Gasteiger partial charge in [0.2, 0.25) is 0 Å². The third-order valence-electron chi connectivity index (χ3n) is 3.70. The van der Waals surface area contributed by atoms with E-state index in [0.29, 0.717) is 0 Å². The lowest BCUT2D eigenvalue weighted by Gasteiger charge is -2.37. The van der Waals surface area contributed by atoms with Gasteiger partial charge in [-0.1, -0.05) is 19.3 Å². The fourth-order valence-electron chi connectivity index (χ4n) is 2.44. The number of thiazole rings is 1. The third kappa shape index (κ3) is 3.27. The molecule has 4 heteroatoms. The van der Waals surface area contributed by atoms with E-state index < -0.39 is 0 Å². The predicted octanol–water partition coefficient (Wildman–Crippen LogP) is 2.63. The van der Waals surface area contributed by atoms with Crippen LogP contribution in [-0.2, 0) is 5.54 Å². The first kappa shape index (κ1) is 13.0. The van der Waals surface area contributed by atoms with Gasteiger partial charge in [0.05, 0.1) is 5.54 Å². The van der Waals surface area contributed by atoms with Gasteiger partial charge in [0.25, 0.3) is 0 Å². The SMILES string of the molecule is CC(C)(NCC1(N)CCCCC1)c1nccs1. The van der Waals surface area contributed by atoms with E-state index in [2.05, 4.69) is 24.1 Å². The van der Waals surface area contributed by atoms with Gasteiger partial charge in [0, 0.05) is 23.7 Å². The lowest BCUT2D eigenvalue weighted by Crippen LogP contribution is -2.53. The first-order chi connectivity index (χ1) is 8.02. The van der Waals surface area contributed by atoms with Gasteiger partial charge in [-0.25, -0.2) is 4.98 Å². The van der Waals surface area contributed by atoms with Gasteiger partial charge in [-0.05, 0) is 26.7 Å². The van der Waals surface area contributed by atoms with Crippen LogP contribution in [0.5, 0.6) is 0 Å². The summed E-state index contributed by atoms with van der Waals surface area (Å²) in [7, 11) is 0. The van der Waals surface area contributed by atoms with Crippen molar-refractivity contribution in [2.75, 3.05) is 6.54 Å². The molecule has 1 aromatic rings. The largest absolute Gasteiger partial charge is 0.324 e. The molecule has 0 amide bonds. The maximum absolute atomic E-state index is 6.44. The molecular weight excluding hydrogens is 230 g/mol. The van der Waals surface area contributed by atoms with E-state index in [1.807, 2.05) is 11.6 Å². The maximum Gasteiger partial charge on any atom is 0.112 e. The average molecular weight is 253 g/mol. The molecule has 0 aromatic carbocycles. The van der Waals surface area contributed by atoms with E-state index in [0.717, 1.165) is 24.4 Å². The molecule has 0 spiro atoms. The van der Waals surface area contributed by atoms with Crippen LogP contribution in [0.15, 0.2) is 11.6 Å². The minimum absolute atomic E-state index is 0.00716. The Kier molecular flexibility index (Phi) is 3.85. The zero-order valence-corrected chi connectivity index (χ0v) is 11.6. The Morgan fingerprint density at radius 1 is 1.41 bits per heavy atom. The number of hydrogen-bond donors (Lipinski definition) is 2. The number of hydrogen-bond acceptors (Lipinski definition) is 4. The molecule has 0 atom stereocenters. The van der Waals surface area contributed by atoms with Crippen molar-refractivity contribution in [3.63, 3.8) is 0 Å². The Balaban J connectivity index is 1.93. The summed E-state index contributed by atoms with van der Waals surface area (Å²) in [6, 6.07) is 0. The van der Waals surface area contributed by atoms with Crippen molar-refractivity contribution in [3.8, 4) is 0 Å². The Morgan fingerprint density at radius 2 is 2.12 bits per heavy atom. The lowest BCUT2D eigenvalue weighted by molar-refractivity contribution is 0.252. The fourth-order valence-corrected chi connectivity index (χ4v) is 3.18. The zero-order chi connectivity index (χ0) is 12.4. The molecule has 1 aliphatic rings. The standard InChI is InChI=1S/C13H23N3S/c1-12(2,11-15-8-9-17-11)16-10-13(14)6-4-3-5-7-13/h8-9,16H,3-7,10,14H2,1-2H3. The molecule has 96 valence electrons. The number of rotatable bonds is 4. The summed E-state index contributed by atoms with van der Waals surface area (Å²) in [5, 5.41) is 6.76. The van der Waals surface area contributed by atoms with Gasteiger partial charge in [0.1, 0.15) is 5.01 Å². The van der Waals surface area contributed by atoms with E-state index in [-0.39, 0.29) is 11.1 Å². The molecule has 0 saturated heterocycles.